The third kappa shape index (κ3) is 4.52. The molecule has 1 unspecified atom stereocenters. The molecule has 1 heterocycles. The van der Waals surface area contributed by atoms with Crippen LogP contribution in [-0.2, 0) is 4.79 Å². The summed E-state index contributed by atoms with van der Waals surface area (Å²) in [6, 6.07) is 10.1. The van der Waals surface area contributed by atoms with Gasteiger partial charge in [0.2, 0.25) is 0 Å². The predicted octanol–water partition coefficient (Wildman–Crippen LogP) is 2.91. The number of amides is 1. The van der Waals surface area contributed by atoms with Crippen LogP contribution in [-0.4, -0.2) is 33.9 Å². The Morgan fingerprint density at radius 3 is 2.67 bits per heavy atom. The molecule has 10 heteroatoms. The molecule has 8 nitrogen and oxygen atoms in total. The number of carboxylic acid groups (broad SMARTS) is 1. The molecule has 0 aliphatic rings. The fourth-order valence-corrected chi connectivity index (χ4v) is 3.17. The van der Waals surface area contributed by atoms with Crippen molar-refractivity contribution in [3.63, 3.8) is 0 Å². The fraction of sp³-hybridized carbons (Fsp3) is 0.150. The standard InChI is InChI=1S/C20H17ClFN3O5/c1-30-17-7-6-11(22)8-12(17)14(10-19(27)28)23-20(29)15-9-18(26)25(24-15)16-5-3-2-4-13(16)21/h2-9,14,24H,10H2,1H3,(H,23,29)(H,27,28). The molecule has 0 radical (unpaired) electrons. The number of nitrogens with one attached hydrogen (secondary N) is 2. The smallest absolute Gasteiger partial charge is 0.305 e. The van der Waals surface area contributed by atoms with Gasteiger partial charge in [-0.25, -0.2) is 9.07 Å². The van der Waals surface area contributed by atoms with Crippen LogP contribution in [0.25, 0.3) is 5.69 Å². The van der Waals surface area contributed by atoms with Crippen LogP contribution in [0.3, 0.4) is 0 Å². The highest BCUT2D eigenvalue weighted by Crippen LogP contribution is 2.28. The van der Waals surface area contributed by atoms with Gasteiger partial charge in [-0.15, -0.1) is 0 Å². The Balaban J connectivity index is 1.93. The highest BCUT2D eigenvalue weighted by atomic mass is 35.5. The number of carbonyl (C=O) groups excluding carboxylic acids is 1. The van der Waals surface area contributed by atoms with Crippen molar-refractivity contribution >= 4 is 23.5 Å². The third-order valence-corrected chi connectivity index (χ3v) is 4.63. The lowest BCUT2D eigenvalue weighted by Gasteiger charge is -2.19. The van der Waals surface area contributed by atoms with Crippen molar-refractivity contribution in [3.05, 3.63) is 81.0 Å². The molecule has 1 atom stereocenters. The van der Waals surface area contributed by atoms with E-state index in [9.17, 15) is 23.9 Å². The summed E-state index contributed by atoms with van der Waals surface area (Å²) in [5, 5.41) is 14.7. The Morgan fingerprint density at radius 2 is 2.00 bits per heavy atom. The van der Waals surface area contributed by atoms with E-state index in [0.717, 1.165) is 22.9 Å². The Bertz CT molecular complexity index is 1160. The molecular weight excluding hydrogens is 417 g/mol. The number of aromatic amines is 1. The van der Waals surface area contributed by atoms with Crippen LogP contribution < -0.4 is 15.6 Å². The predicted molar refractivity (Wildman–Crippen MR) is 107 cm³/mol. The molecule has 2 aromatic carbocycles. The number of ether oxygens (including phenoxy) is 1. The van der Waals surface area contributed by atoms with Crippen molar-refractivity contribution in [2.45, 2.75) is 12.5 Å². The van der Waals surface area contributed by atoms with Gasteiger partial charge >= 0.3 is 5.97 Å². The van der Waals surface area contributed by atoms with Crippen LogP contribution in [0, 0.1) is 5.82 Å². The van der Waals surface area contributed by atoms with Crippen molar-refractivity contribution in [3.8, 4) is 11.4 Å². The first-order valence-corrected chi connectivity index (χ1v) is 9.11. The zero-order valence-electron chi connectivity index (χ0n) is 15.7. The number of hydrogen-bond donors (Lipinski definition) is 3. The summed E-state index contributed by atoms with van der Waals surface area (Å²) in [6.45, 7) is 0. The second-order valence-corrected chi connectivity index (χ2v) is 6.71. The molecule has 0 aliphatic carbocycles. The molecule has 0 saturated carbocycles. The van der Waals surface area contributed by atoms with Crippen molar-refractivity contribution < 1.29 is 23.8 Å². The van der Waals surface area contributed by atoms with Crippen LogP contribution in [0.15, 0.2) is 53.3 Å². The lowest BCUT2D eigenvalue weighted by atomic mass is 10.0. The zero-order chi connectivity index (χ0) is 21.8. The molecule has 30 heavy (non-hydrogen) atoms. The third-order valence-electron chi connectivity index (χ3n) is 4.31. The molecule has 0 fully saturated rings. The number of methoxy groups -OCH3 is 1. The maximum absolute atomic E-state index is 13.7. The largest absolute Gasteiger partial charge is 0.496 e. The lowest BCUT2D eigenvalue weighted by Crippen LogP contribution is -2.31. The molecular formula is C20H17ClFN3O5. The summed E-state index contributed by atoms with van der Waals surface area (Å²) in [5.41, 5.74) is -0.157. The number of benzene rings is 2. The van der Waals surface area contributed by atoms with Crippen LogP contribution in [0.1, 0.15) is 28.5 Å². The molecule has 0 aliphatic heterocycles. The van der Waals surface area contributed by atoms with E-state index < -0.39 is 35.7 Å². The molecule has 3 aromatic rings. The summed E-state index contributed by atoms with van der Waals surface area (Å²) < 4.78 is 20.0. The van der Waals surface area contributed by atoms with Crippen LogP contribution in [0.4, 0.5) is 4.39 Å². The molecule has 0 spiro atoms. The number of carboxylic acids is 1. The monoisotopic (exact) mass is 433 g/mol. The van der Waals surface area contributed by atoms with Crippen LogP contribution in [0.2, 0.25) is 5.02 Å². The molecule has 156 valence electrons. The van der Waals surface area contributed by atoms with E-state index >= 15 is 0 Å². The van der Waals surface area contributed by atoms with Gasteiger partial charge in [0.05, 0.1) is 30.3 Å². The number of halogens is 2. The molecule has 1 aromatic heterocycles. The number of rotatable bonds is 7. The zero-order valence-corrected chi connectivity index (χ0v) is 16.4. The molecule has 1 amide bonds. The number of carbonyl (C=O) groups is 2. The van der Waals surface area contributed by atoms with E-state index in [1.807, 2.05) is 0 Å². The Labute approximate surface area is 174 Å². The summed E-state index contributed by atoms with van der Waals surface area (Å²) in [5.74, 6) is -2.37. The maximum Gasteiger partial charge on any atom is 0.305 e. The number of para-hydroxylation sites is 1. The molecule has 0 bridgehead atoms. The van der Waals surface area contributed by atoms with E-state index in [0.29, 0.717) is 10.7 Å². The van der Waals surface area contributed by atoms with Crippen molar-refractivity contribution in [1.29, 1.82) is 0 Å². The summed E-state index contributed by atoms with van der Waals surface area (Å²) in [4.78, 5) is 36.3. The fourth-order valence-electron chi connectivity index (χ4n) is 2.95. The van der Waals surface area contributed by atoms with Crippen molar-refractivity contribution in [2.75, 3.05) is 7.11 Å². The highest BCUT2D eigenvalue weighted by Gasteiger charge is 2.24. The van der Waals surface area contributed by atoms with Gasteiger partial charge in [0.25, 0.3) is 11.5 Å². The van der Waals surface area contributed by atoms with Gasteiger partial charge in [-0.2, -0.15) is 0 Å². The van der Waals surface area contributed by atoms with Gasteiger partial charge in [0, 0.05) is 11.6 Å². The first kappa shape index (κ1) is 21.1. The Hall–Kier alpha value is -3.59. The normalized spacial score (nSPS) is 11.7. The minimum absolute atomic E-state index is 0.120. The van der Waals surface area contributed by atoms with E-state index in [-0.39, 0.29) is 17.0 Å². The van der Waals surface area contributed by atoms with E-state index in [1.54, 1.807) is 24.3 Å². The number of aliphatic carboxylic acids is 1. The SMILES string of the molecule is COc1ccc(F)cc1C(CC(=O)O)NC(=O)c1cc(=O)n(-c2ccccc2Cl)[nH]1. The van der Waals surface area contributed by atoms with Crippen molar-refractivity contribution in [2.24, 2.45) is 0 Å². The van der Waals surface area contributed by atoms with E-state index in [1.165, 1.54) is 13.2 Å². The van der Waals surface area contributed by atoms with Crippen LogP contribution >= 0.6 is 11.6 Å². The summed E-state index contributed by atoms with van der Waals surface area (Å²) in [6.07, 6.45) is -0.527. The topological polar surface area (TPSA) is 113 Å². The number of nitrogens with zero attached hydrogens (tertiary/aromatic N) is 1. The van der Waals surface area contributed by atoms with Gasteiger partial charge < -0.3 is 15.2 Å². The molecule has 0 saturated heterocycles. The molecule has 3 rings (SSSR count). The van der Waals surface area contributed by atoms with Crippen molar-refractivity contribution in [1.82, 2.24) is 15.1 Å². The van der Waals surface area contributed by atoms with Gasteiger partial charge in [0.1, 0.15) is 17.3 Å². The van der Waals surface area contributed by atoms with Gasteiger partial charge in [0.15, 0.2) is 0 Å². The Morgan fingerprint density at radius 1 is 1.27 bits per heavy atom. The average Bonchev–Trinajstić information content (AvgIpc) is 3.09. The number of aromatic nitrogens is 2. The lowest BCUT2D eigenvalue weighted by molar-refractivity contribution is -0.137. The average molecular weight is 434 g/mol. The quantitative estimate of drug-likeness (QED) is 0.530. The summed E-state index contributed by atoms with van der Waals surface area (Å²) >= 11 is 6.09. The molecule has 3 N–H and O–H groups in total. The minimum Gasteiger partial charge on any atom is -0.496 e. The minimum atomic E-state index is -1.21. The van der Waals surface area contributed by atoms with Gasteiger partial charge in [-0.1, -0.05) is 23.7 Å². The number of hydrogen-bond acceptors (Lipinski definition) is 4. The van der Waals surface area contributed by atoms with E-state index in [4.69, 9.17) is 16.3 Å². The second-order valence-electron chi connectivity index (χ2n) is 6.31. The maximum atomic E-state index is 13.7. The summed E-state index contributed by atoms with van der Waals surface area (Å²) in [7, 11) is 1.34. The number of H-pyrrole nitrogens is 1. The Kier molecular flexibility index (Phi) is 6.22. The van der Waals surface area contributed by atoms with Gasteiger partial charge in [-0.05, 0) is 30.3 Å². The highest BCUT2D eigenvalue weighted by molar-refractivity contribution is 6.32. The van der Waals surface area contributed by atoms with Crippen LogP contribution in [0.5, 0.6) is 5.75 Å². The first-order valence-electron chi connectivity index (χ1n) is 8.73. The first-order chi connectivity index (χ1) is 14.3. The van der Waals surface area contributed by atoms with E-state index in [2.05, 4.69) is 10.4 Å². The van der Waals surface area contributed by atoms with Gasteiger partial charge in [-0.3, -0.25) is 19.5 Å². The second kappa shape index (κ2) is 8.83.